The number of primary amides is 1. The van der Waals surface area contributed by atoms with Gasteiger partial charge in [-0.2, -0.15) is 0 Å². The van der Waals surface area contributed by atoms with Crippen molar-refractivity contribution in [2.24, 2.45) is 5.73 Å². The van der Waals surface area contributed by atoms with Gasteiger partial charge in [0, 0.05) is 8.95 Å². The lowest BCUT2D eigenvalue weighted by molar-refractivity contribution is 0.0998. The molecule has 1 amide bonds. The summed E-state index contributed by atoms with van der Waals surface area (Å²) < 4.78 is 7.33. The normalized spacial score (nSPS) is 10.1. The highest BCUT2D eigenvalue weighted by atomic mass is 79.9. The van der Waals surface area contributed by atoms with E-state index in [1.165, 1.54) is 0 Å². The first-order chi connectivity index (χ1) is 8.56. The molecule has 0 heterocycles. The molecule has 0 aliphatic rings. The molecule has 92 valence electrons. The molecule has 0 aliphatic carbocycles. The van der Waals surface area contributed by atoms with E-state index in [0.717, 1.165) is 8.95 Å². The standard InChI is InChI=1S/C13H9Br2NO2/c14-8-2-1-3-10(6-8)18-12-5-4-9(15)7-11(12)13(16)17/h1-7H,(H2,16,17). The largest absolute Gasteiger partial charge is 0.456 e. The number of rotatable bonds is 3. The zero-order valence-electron chi connectivity index (χ0n) is 9.19. The summed E-state index contributed by atoms with van der Waals surface area (Å²) in [6.07, 6.45) is 0. The first kappa shape index (κ1) is 13.1. The molecule has 0 bridgehead atoms. The van der Waals surface area contributed by atoms with Crippen LogP contribution in [0.1, 0.15) is 10.4 Å². The van der Waals surface area contributed by atoms with Gasteiger partial charge in [0.15, 0.2) is 0 Å². The minimum Gasteiger partial charge on any atom is -0.456 e. The summed E-state index contributed by atoms with van der Waals surface area (Å²) in [7, 11) is 0. The van der Waals surface area contributed by atoms with E-state index in [1.54, 1.807) is 24.3 Å². The molecule has 5 heteroatoms. The first-order valence-corrected chi connectivity index (χ1v) is 6.67. The van der Waals surface area contributed by atoms with Gasteiger partial charge in [-0.05, 0) is 36.4 Å². The van der Waals surface area contributed by atoms with E-state index >= 15 is 0 Å². The number of carbonyl (C=O) groups excluding carboxylic acids is 1. The Morgan fingerprint density at radius 2 is 1.78 bits per heavy atom. The van der Waals surface area contributed by atoms with Gasteiger partial charge in [-0.3, -0.25) is 4.79 Å². The van der Waals surface area contributed by atoms with Gasteiger partial charge in [0.25, 0.3) is 5.91 Å². The number of ether oxygens (including phenoxy) is 1. The Labute approximate surface area is 121 Å². The van der Waals surface area contributed by atoms with Gasteiger partial charge in [-0.15, -0.1) is 0 Å². The fraction of sp³-hybridized carbons (Fsp3) is 0. The molecule has 18 heavy (non-hydrogen) atoms. The van der Waals surface area contributed by atoms with Crippen LogP contribution >= 0.6 is 31.9 Å². The number of nitrogens with two attached hydrogens (primary N) is 1. The van der Waals surface area contributed by atoms with Gasteiger partial charge in [0.1, 0.15) is 11.5 Å². The molecule has 0 saturated heterocycles. The second-order valence-corrected chi connectivity index (χ2v) is 5.40. The smallest absolute Gasteiger partial charge is 0.252 e. The maximum absolute atomic E-state index is 11.3. The van der Waals surface area contributed by atoms with Gasteiger partial charge in [0.05, 0.1) is 5.56 Å². The highest BCUT2D eigenvalue weighted by Crippen LogP contribution is 2.29. The lowest BCUT2D eigenvalue weighted by atomic mass is 10.2. The quantitative estimate of drug-likeness (QED) is 0.884. The number of hydrogen-bond donors (Lipinski definition) is 1. The fourth-order valence-corrected chi connectivity index (χ4v) is 2.18. The van der Waals surface area contributed by atoms with Crippen molar-refractivity contribution in [1.82, 2.24) is 0 Å². The second-order valence-electron chi connectivity index (χ2n) is 3.56. The molecule has 0 radical (unpaired) electrons. The summed E-state index contributed by atoms with van der Waals surface area (Å²) in [5.41, 5.74) is 5.66. The first-order valence-electron chi connectivity index (χ1n) is 5.09. The van der Waals surface area contributed by atoms with Crippen LogP contribution in [-0.2, 0) is 0 Å². The summed E-state index contributed by atoms with van der Waals surface area (Å²) in [6.45, 7) is 0. The lowest BCUT2D eigenvalue weighted by Crippen LogP contribution is -2.12. The monoisotopic (exact) mass is 369 g/mol. The highest BCUT2D eigenvalue weighted by Gasteiger charge is 2.11. The molecule has 2 aromatic carbocycles. The van der Waals surface area contributed by atoms with Crippen molar-refractivity contribution in [3.8, 4) is 11.5 Å². The highest BCUT2D eigenvalue weighted by molar-refractivity contribution is 9.10. The molecule has 2 aromatic rings. The number of benzene rings is 2. The van der Waals surface area contributed by atoms with E-state index in [9.17, 15) is 4.79 Å². The molecule has 2 N–H and O–H groups in total. The predicted octanol–water partition coefficient (Wildman–Crippen LogP) is 4.10. The second kappa shape index (κ2) is 5.54. The molecule has 0 atom stereocenters. The van der Waals surface area contributed by atoms with E-state index in [0.29, 0.717) is 17.1 Å². The van der Waals surface area contributed by atoms with Crippen LogP contribution in [0, 0.1) is 0 Å². The molecular weight excluding hydrogens is 362 g/mol. The fourth-order valence-electron chi connectivity index (χ4n) is 1.44. The third-order valence-electron chi connectivity index (χ3n) is 2.23. The Morgan fingerprint density at radius 3 is 2.44 bits per heavy atom. The van der Waals surface area contributed by atoms with E-state index < -0.39 is 5.91 Å². The van der Waals surface area contributed by atoms with Crippen LogP contribution < -0.4 is 10.5 Å². The van der Waals surface area contributed by atoms with Gasteiger partial charge in [-0.25, -0.2) is 0 Å². The average molecular weight is 371 g/mol. The van der Waals surface area contributed by atoms with Crippen LogP contribution in [0.25, 0.3) is 0 Å². The molecule has 3 nitrogen and oxygen atoms in total. The number of amides is 1. The zero-order chi connectivity index (χ0) is 13.1. The summed E-state index contributed by atoms with van der Waals surface area (Å²) in [4.78, 5) is 11.3. The summed E-state index contributed by atoms with van der Waals surface area (Å²) >= 11 is 6.65. The predicted molar refractivity (Wildman–Crippen MR) is 76.9 cm³/mol. The third kappa shape index (κ3) is 3.11. The molecule has 0 aliphatic heterocycles. The number of carbonyl (C=O) groups is 1. The molecule has 0 aromatic heterocycles. The maximum atomic E-state index is 11.3. The van der Waals surface area contributed by atoms with Crippen molar-refractivity contribution in [2.45, 2.75) is 0 Å². The SMILES string of the molecule is NC(=O)c1cc(Br)ccc1Oc1cccc(Br)c1. The Bertz CT molecular complexity index is 599. The van der Waals surface area contributed by atoms with Gasteiger partial charge in [-0.1, -0.05) is 37.9 Å². The van der Waals surface area contributed by atoms with E-state index in [1.807, 2.05) is 18.2 Å². The van der Waals surface area contributed by atoms with Gasteiger partial charge >= 0.3 is 0 Å². The topological polar surface area (TPSA) is 52.3 Å². The van der Waals surface area contributed by atoms with Crippen LogP contribution in [0.5, 0.6) is 11.5 Å². The molecule has 0 fully saturated rings. The number of halogens is 2. The molecule has 2 rings (SSSR count). The van der Waals surface area contributed by atoms with Crippen molar-refractivity contribution in [3.05, 3.63) is 57.0 Å². The van der Waals surface area contributed by atoms with Crippen molar-refractivity contribution in [2.75, 3.05) is 0 Å². The van der Waals surface area contributed by atoms with Gasteiger partial charge in [0.2, 0.25) is 0 Å². The number of hydrogen-bond acceptors (Lipinski definition) is 2. The van der Waals surface area contributed by atoms with Crippen molar-refractivity contribution in [3.63, 3.8) is 0 Å². The van der Waals surface area contributed by atoms with Crippen LogP contribution in [-0.4, -0.2) is 5.91 Å². The maximum Gasteiger partial charge on any atom is 0.252 e. The molecule has 0 spiro atoms. The van der Waals surface area contributed by atoms with Crippen LogP contribution in [0.15, 0.2) is 51.4 Å². The van der Waals surface area contributed by atoms with E-state index in [4.69, 9.17) is 10.5 Å². The Kier molecular flexibility index (Phi) is 4.04. The zero-order valence-corrected chi connectivity index (χ0v) is 12.4. The molecule has 0 unspecified atom stereocenters. The Morgan fingerprint density at radius 1 is 1.06 bits per heavy atom. The van der Waals surface area contributed by atoms with E-state index in [2.05, 4.69) is 31.9 Å². The Balaban J connectivity index is 2.37. The molecular formula is C13H9Br2NO2. The van der Waals surface area contributed by atoms with Crippen LogP contribution in [0.3, 0.4) is 0 Å². The van der Waals surface area contributed by atoms with E-state index in [-0.39, 0.29) is 0 Å². The van der Waals surface area contributed by atoms with Gasteiger partial charge < -0.3 is 10.5 Å². The van der Waals surface area contributed by atoms with Crippen LogP contribution in [0.4, 0.5) is 0 Å². The lowest BCUT2D eigenvalue weighted by Gasteiger charge is -2.09. The third-order valence-corrected chi connectivity index (χ3v) is 3.22. The summed E-state index contributed by atoms with van der Waals surface area (Å²) in [5, 5.41) is 0. The minimum absolute atomic E-state index is 0.337. The van der Waals surface area contributed by atoms with Crippen LogP contribution in [0.2, 0.25) is 0 Å². The Hall–Kier alpha value is -1.33. The van der Waals surface area contributed by atoms with Crippen molar-refractivity contribution >= 4 is 37.8 Å². The summed E-state index contributed by atoms with van der Waals surface area (Å²) in [5.74, 6) is 0.541. The summed E-state index contributed by atoms with van der Waals surface area (Å²) in [6, 6.07) is 12.5. The molecule has 0 saturated carbocycles. The van der Waals surface area contributed by atoms with Crippen molar-refractivity contribution < 1.29 is 9.53 Å². The average Bonchev–Trinajstić information content (AvgIpc) is 2.31. The van der Waals surface area contributed by atoms with Crippen molar-refractivity contribution in [1.29, 1.82) is 0 Å². The minimum atomic E-state index is -0.527.